The van der Waals surface area contributed by atoms with Gasteiger partial charge >= 0.3 is 6.18 Å². The summed E-state index contributed by atoms with van der Waals surface area (Å²) in [5.74, 6) is -2.67. The van der Waals surface area contributed by atoms with Gasteiger partial charge in [0.05, 0.1) is 5.56 Å². The number of amides is 2. The Bertz CT molecular complexity index is 926. The van der Waals surface area contributed by atoms with Crippen molar-refractivity contribution in [3.63, 3.8) is 0 Å². The van der Waals surface area contributed by atoms with E-state index in [1.165, 1.54) is 6.20 Å². The molecule has 0 aromatic carbocycles. The van der Waals surface area contributed by atoms with Crippen molar-refractivity contribution in [3.8, 4) is 6.07 Å². The first-order chi connectivity index (χ1) is 16.5. The van der Waals surface area contributed by atoms with E-state index in [0.717, 1.165) is 5.82 Å². The highest BCUT2D eigenvalue weighted by Gasteiger charge is 2.52. The number of hydrogen-bond acceptors (Lipinski definition) is 8. The molecule has 2 atom stereocenters. The third-order valence-electron chi connectivity index (χ3n) is 6.08. The Morgan fingerprint density at radius 2 is 2.00 bits per heavy atom. The van der Waals surface area contributed by atoms with Crippen LogP contribution in [-0.4, -0.2) is 85.4 Å². The third-order valence-corrected chi connectivity index (χ3v) is 6.08. The first kappa shape index (κ1) is 26.7. The van der Waals surface area contributed by atoms with Gasteiger partial charge in [0, 0.05) is 57.1 Å². The molecule has 2 fully saturated rings. The molecular weight excluding hydrogens is 467 g/mol. The minimum atomic E-state index is -4.66. The summed E-state index contributed by atoms with van der Waals surface area (Å²) in [6, 6.07) is 4.38. The summed E-state index contributed by atoms with van der Waals surface area (Å²) in [6.45, 7) is 5.66. The lowest BCUT2D eigenvalue weighted by molar-refractivity contribution is -0.193. The molecule has 2 aliphatic rings. The lowest BCUT2D eigenvalue weighted by atomic mass is 9.92. The molecule has 13 heteroatoms. The van der Waals surface area contributed by atoms with Crippen LogP contribution in [0.2, 0.25) is 0 Å². The second kappa shape index (κ2) is 11.2. The molecule has 0 spiro atoms. The van der Waals surface area contributed by atoms with Gasteiger partial charge in [0.15, 0.2) is 5.92 Å². The minimum Gasteiger partial charge on any atom is -0.372 e. The molecule has 0 aliphatic carbocycles. The number of aromatic nitrogens is 1. The molecule has 0 radical (unpaired) electrons. The summed E-state index contributed by atoms with van der Waals surface area (Å²) < 4.78 is 45.5. The fraction of sp³-hybridized carbons (Fsp3) is 0.636. The van der Waals surface area contributed by atoms with Crippen LogP contribution in [0.15, 0.2) is 18.3 Å². The van der Waals surface area contributed by atoms with E-state index in [9.17, 15) is 22.8 Å². The summed E-state index contributed by atoms with van der Waals surface area (Å²) in [4.78, 5) is 32.2. The Balaban J connectivity index is 1.39. The highest BCUT2D eigenvalue weighted by Crippen LogP contribution is 2.31. The van der Waals surface area contributed by atoms with Crippen LogP contribution < -0.4 is 21.1 Å². The molecule has 1 aromatic heterocycles. The molecule has 2 amide bonds. The predicted octanol–water partition coefficient (Wildman–Crippen LogP) is 0.558. The van der Waals surface area contributed by atoms with Gasteiger partial charge in [-0.3, -0.25) is 15.0 Å². The monoisotopic (exact) mass is 497 g/mol. The van der Waals surface area contributed by atoms with Gasteiger partial charge in [-0.25, -0.2) is 10.4 Å². The van der Waals surface area contributed by atoms with Gasteiger partial charge in [0.25, 0.3) is 0 Å². The predicted molar refractivity (Wildman–Crippen MR) is 120 cm³/mol. The van der Waals surface area contributed by atoms with Gasteiger partial charge < -0.3 is 19.9 Å². The molecule has 3 heterocycles. The van der Waals surface area contributed by atoms with Crippen molar-refractivity contribution in [3.05, 3.63) is 23.9 Å². The zero-order valence-electron chi connectivity index (χ0n) is 19.7. The maximum absolute atomic E-state index is 13.3. The Labute approximate surface area is 201 Å². The number of hydrogen-bond donors (Lipinski definition) is 3. The normalized spacial score (nSPS) is 21.4. The van der Waals surface area contributed by atoms with E-state index in [4.69, 9.17) is 10.00 Å². The standard InChI is InChI=1S/C22H30F3N7O3/c1-21(2,29-16-13-28-30-20(34)19(16)22(23,24)25)5-10-35-14-18(33)32-8-6-31(7-9-32)17-4-3-15(11-26)12-27-17/h3-4,12,16,19,28-29H,5-10,13-14H2,1-2H3,(H,30,34). The van der Waals surface area contributed by atoms with Crippen molar-refractivity contribution >= 4 is 17.6 Å². The molecule has 3 rings (SSSR count). The molecule has 2 aliphatic heterocycles. The van der Waals surface area contributed by atoms with Crippen LogP contribution in [0.25, 0.3) is 0 Å². The molecule has 0 saturated carbocycles. The molecule has 10 nitrogen and oxygen atoms in total. The van der Waals surface area contributed by atoms with Crippen molar-refractivity contribution in [1.82, 2.24) is 26.1 Å². The summed E-state index contributed by atoms with van der Waals surface area (Å²) in [7, 11) is 0. The molecule has 2 unspecified atom stereocenters. The van der Waals surface area contributed by atoms with Gasteiger partial charge in [-0.05, 0) is 32.4 Å². The number of anilines is 1. The van der Waals surface area contributed by atoms with Gasteiger partial charge in [-0.15, -0.1) is 0 Å². The SMILES string of the molecule is CC(C)(CCOCC(=O)N1CCN(c2ccc(C#N)cn2)CC1)NC1CNNC(=O)C1C(F)(F)F. The molecule has 0 bridgehead atoms. The maximum Gasteiger partial charge on any atom is 0.402 e. The zero-order chi connectivity index (χ0) is 25.6. The Morgan fingerprint density at radius 1 is 1.29 bits per heavy atom. The maximum atomic E-state index is 13.3. The molecule has 1 aromatic rings. The van der Waals surface area contributed by atoms with Crippen LogP contribution in [0.4, 0.5) is 19.0 Å². The van der Waals surface area contributed by atoms with Gasteiger partial charge in [0.2, 0.25) is 11.8 Å². The Morgan fingerprint density at radius 3 is 2.60 bits per heavy atom. The number of hydrazine groups is 1. The van der Waals surface area contributed by atoms with Crippen molar-refractivity contribution in [2.75, 3.05) is 50.8 Å². The van der Waals surface area contributed by atoms with Crippen LogP contribution in [0.5, 0.6) is 0 Å². The minimum absolute atomic E-state index is 0.0668. The second-order valence-electron chi connectivity index (χ2n) is 9.21. The van der Waals surface area contributed by atoms with Gasteiger partial charge in [-0.2, -0.15) is 18.4 Å². The smallest absolute Gasteiger partial charge is 0.372 e. The average Bonchev–Trinajstić information content (AvgIpc) is 2.81. The lowest BCUT2D eigenvalue weighted by Gasteiger charge is -2.39. The second-order valence-corrected chi connectivity index (χ2v) is 9.21. The van der Waals surface area contributed by atoms with E-state index in [2.05, 4.69) is 15.7 Å². The number of rotatable bonds is 8. The summed E-state index contributed by atoms with van der Waals surface area (Å²) in [5.41, 5.74) is 4.25. The molecule has 35 heavy (non-hydrogen) atoms. The number of nitrogens with zero attached hydrogens (tertiary/aromatic N) is 4. The van der Waals surface area contributed by atoms with Crippen molar-refractivity contribution < 1.29 is 27.5 Å². The highest BCUT2D eigenvalue weighted by molar-refractivity contribution is 5.80. The molecular formula is C22H30F3N7O3. The van der Waals surface area contributed by atoms with E-state index in [-0.39, 0.29) is 25.7 Å². The number of pyridine rings is 1. The van der Waals surface area contributed by atoms with Crippen molar-refractivity contribution in [1.29, 1.82) is 5.26 Å². The fourth-order valence-electron chi connectivity index (χ4n) is 4.11. The molecule has 2 saturated heterocycles. The number of nitrogens with one attached hydrogen (secondary N) is 3. The van der Waals surface area contributed by atoms with Gasteiger partial charge in [0.1, 0.15) is 18.5 Å². The summed E-state index contributed by atoms with van der Waals surface area (Å²) in [5, 5.41) is 11.8. The van der Waals surface area contributed by atoms with Gasteiger partial charge in [-0.1, -0.05) is 0 Å². The topological polar surface area (TPSA) is 123 Å². The van der Waals surface area contributed by atoms with E-state index in [0.29, 0.717) is 38.2 Å². The summed E-state index contributed by atoms with van der Waals surface area (Å²) in [6.07, 6.45) is -2.80. The van der Waals surface area contributed by atoms with Crippen molar-refractivity contribution in [2.24, 2.45) is 5.92 Å². The first-order valence-electron chi connectivity index (χ1n) is 11.3. The lowest BCUT2D eigenvalue weighted by Crippen LogP contribution is -2.66. The Hall–Kier alpha value is -2.95. The van der Waals surface area contributed by atoms with E-state index in [1.54, 1.807) is 30.9 Å². The zero-order valence-corrected chi connectivity index (χ0v) is 19.7. The number of alkyl halides is 3. The third kappa shape index (κ3) is 7.27. The number of piperazine rings is 1. The number of carbonyl (C=O) groups excluding carboxylic acids is 2. The average molecular weight is 498 g/mol. The summed E-state index contributed by atoms with van der Waals surface area (Å²) >= 11 is 0. The van der Waals surface area contributed by atoms with Crippen LogP contribution in [0.1, 0.15) is 25.8 Å². The quantitative estimate of drug-likeness (QED) is 0.446. The number of halogens is 3. The number of nitriles is 1. The van der Waals surface area contributed by atoms with Crippen LogP contribution >= 0.6 is 0 Å². The largest absolute Gasteiger partial charge is 0.402 e. The highest BCUT2D eigenvalue weighted by atomic mass is 19.4. The molecule has 3 N–H and O–H groups in total. The van der Waals surface area contributed by atoms with Crippen LogP contribution in [-0.2, 0) is 14.3 Å². The van der Waals surface area contributed by atoms with E-state index >= 15 is 0 Å². The van der Waals surface area contributed by atoms with E-state index in [1.807, 2.05) is 16.4 Å². The van der Waals surface area contributed by atoms with Crippen LogP contribution in [0.3, 0.4) is 0 Å². The Kier molecular flexibility index (Phi) is 8.52. The van der Waals surface area contributed by atoms with Crippen molar-refractivity contribution in [2.45, 2.75) is 38.0 Å². The van der Waals surface area contributed by atoms with Crippen LogP contribution in [0, 0.1) is 17.2 Å². The fourth-order valence-corrected chi connectivity index (χ4v) is 4.11. The molecule has 192 valence electrons. The first-order valence-corrected chi connectivity index (χ1v) is 11.3. The van der Waals surface area contributed by atoms with E-state index < -0.39 is 29.6 Å². The number of carbonyl (C=O) groups is 2. The number of ether oxygens (including phenoxy) is 1.